The number of ether oxygens (including phenoxy) is 1. The Hall–Kier alpha value is -1.09. The number of thiophene rings is 1. The molecule has 0 spiro atoms. The van der Waals surface area contributed by atoms with E-state index in [1.54, 1.807) is 0 Å². The number of carbonyl (C=O) groups excluding carboxylic acids is 1. The van der Waals surface area contributed by atoms with Gasteiger partial charge in [-0.25, -0.2) is 0 Å². The van der Waals surface area contributed by atoms with Gasteiger partial charge in [-0.05, 0) is 25.8 Å². The molecule has 4 nitrogen and oxygen atoms in total. The highest BCUT2D eigenvalue weighted by atomic mass is 35.5. The molecule has 20 heavy (non-hydrogen) atoms. The predicted molar refractivity (Wildman–Crippen MR) is 80.2 cm³/mol. The zero-order valence-corrected chi connectivity index (χ0v) is 13.2. The van der Waals surface area contributed by atoms with Crippen LogP contribution in [0.5, 0.6) is 0 Å². The summed E-state index contributed by atoms with van der Waals surface area (Å²) in [4.78, 5) is 12.8. The van der Waals surface area contributed by atoms with Crippen LogP contribution in [0, 0.1) is 11.3 Å². The Kier molecular flexibility index (Phi) is 4.69. The van der Waals surface area contributed by atoms with Crippen molar-refractivity contribution in [3.8, 4) is 6.07 Å². The fourth-order valence-corrected chi connectivity index (χ4v) is 3.41. The number of halogens is 1. The Bertz CT molecular complexity index is 560. The normalized spacial score (nSPS) is 16.3. The number of nitriles is 1. The highest BCUT2D eigenvalue weighted by Crippen LogP contribution is 2.39. The first-order valence-corrected chi connectivity index (χ1v) is 7.86. The van der Waals surface area contributed by atoms with E-state index < -0.39 is 0 Å². The molecule has 0 aromatic carbocycles. The molecule has 2 rings (SSSR count). The van der Waals surface area contributed by atoms with Gasteiger partial charge in [-0.2, -0.15) is 5.26 Å². The number of hydrogen-bond donors (Lipinski definition) is 1. The summed E-state index contributed by atoms with van der Waals surface area (Å²) in [6.07, 6.45) is 1.70. The van der Waals surface area contributed by atoms with Crippen molar-refractivity contribution in [2.24, 2.45) is 0 Å². The van der Waals surface area contributed by atoms with Gasteiger partial charge in [0.25, 0.3) is 0 Å². The maximum Gasteiger partial charge on any atom is 0.225 e. The van der Waals surface area contributed by atoms with Crippen molar-refractivity contribution < 1.29 is 9.53 Å². The quantitative estimate of drug-likeness (QED) is 0.866. The van der Waals surface area contributed by atoms with Gasteiger partial charge in [0.1, 0.15) is 11.1 Å². The fourth-order valence-electron chi connectivity index (χ4n) is 2.18. The Balaban J connectivity index is 2.22. The number of amides is 1. The topological polar surface area (TPSA) is 62.1 Å². The first-order valence-electron chi connectivity index (χ1n) is 6.51. The lowest BCUT2D eigenvalue weighted by atomic mass is 9.93. The molecule has 1 aliphatic heterocycles. The summed E-state index contributed by atoms with van der Waals surface area (Å²) in [5.74, 6) is 0.363. The zero-order valence-electron chi connectivity index (χ0n) is 11.6. The summed E-state index contributed by atoms with van der Waals surface area (Å²) in [5.41, 5.74) is 1.33. The molecule has 1 aromatic heterocycles. The molecule has 1 amide bonds. The third-order valence-corrected chi connectivity index (χ3v) is 4.58. The first-order chi connectivity index (χ1) is 9.46. The molecule has 108 valence electrons. The second-order valence-electron chi connectivity index (χ2n) is 5.39. The van der Waals surface area contributed by atoms with E-state index in [4.69, 9.17) is 16.3 Å². The minimum absolute atomic E-state index is 0.0964. The van der Waals surface area contributed by atoms with E-state index in [0.29, 0.717) is 42.3 Å². The molecular formula is C14H17ClN2O2S. The number of carbonyl (C=O) groups is 1. The second kappa shape index (κ2) is 6.13. The third kappa shape index (κ3) is 3.32. The first kappa shape index (κ1) is 15.3. The second-order valence-corrected chi connectivity index (χ2v) is 6.87. The van der Waals surface area contributed by atoms with Crippen LogP contribution in [0.3, 0.4) is 0 Å². The Morgan fingerprint density at radius 3 is 3.00 bits per heavy atom. The summed E-state index contributed by atoms with van der Waals surface area (Å²) >= 11 is 7.01. The maximum atomic E-state index is 11.8. The van der Waals surface area contributed by atoms with E-state index in [2.05, 4.69) is 11.4 Å². The van der Waals surface area contributed by atoms with Gasteiger partial charge in [-0.1, -0.05) is 0 Å². The molecule has 0 bridgehead atoms. The standard InChI is InChI=1S/C14H17ClN2O2S/c1-14(2)6-9-10(7-16)13(20-11(9)8-19-14)17-12(18)4-3-5-15/h3-6,8H2,1-2H3,(H,17,18). The van der Waals surface area contributed by atoms with Crippen LogP contribution in [0.25, 0.3) is 0 Å². The van der Waals surface area contributed by atoms with Crippen LogP contribution in [-0.4, -0.2) is 17.4 Å². The third-order valence-electron chi connectivity index (χ3n) is 3.19. The van der Waals surface area contributed by atoms with Crippen molar-refractivity contribution in [1.82, 2.24) is 0 Å². The lowest BCUT2D eigenvalue weighted by Gasteiger charge is -2.29. The minimum Gasteiger partial charge on any atom is -0.370 e. The fraction of sp³-hybridized carbons (Fsp3) is 0.571. The van der Waals surface area contributed by atoms with Crippen molar-refractivity contribution in [2.75, 3.05) is 11.2 Å². The molecule has 0 fully saturated rings. The van der Waals surface area contributed by atoms with Gasteiger partial charge in [-0.15, -0.1) is 22.9 Å². The van der Waals surface area contributed by atoms with E-state index >= 15 is 0 Å². The number of nitrogens with one attached hydrogen (secondary N) is 1. The molecule has 0 saturated heterocycles. The van der Waals surface area contributed by atoms with Crippen molar-refractivity contribution in [1.29, 1.82) is 5.26 Å². The van der Waals surface area contributed by atoms with Crippen molar-refractivity contribution in [2.45, 2.75) is 45.3 Å². The average molecular weight is 313 g/mol. The molecule has 2 heterocycles. The molecule has 0 aliphatic carbocycles. The highest BCUT2D eigenvalue weighted by molar-refractivity contribution is 7.16. The van der Waals surface area contributed by atoms with Crippen molar-refractivity contribution >= 4 is 33.8 Å². The Labute approximate surface area is 127 Å². The lowest BCUT2D eigenvalue weighted by Crippen LogP contribution is -2.31. The van der Waals surface area contributed by atoms with Crippen LogP contribution in [-0.2, 0) is 22.6 Å². The van der Waals surface area contributed by atoms with Gasteiger partial charge in [0.2, 0.25) is 5.91 Å². The molecule has 0 radical (unpaired) electrons. The van der Waals surface area contributed by atoms with Gasteiger partial charge in [0.15, 0.2) is 0 Å². The SMILES string of the molecule is CC1(C)Cc2c(sc(NC(=O)CCCCl)c2C#N)CO1. The molecule has 0 saturated carbocycles. The largest absolute Gasteiger partial charge is 0.370 e. The predicted octanol–water partition coefficient (Wildman–Crippen LogP) is 3.43. The highest BCUT2D eigenvalue weighted by Gasteiger charge is 2.31. The van der Waals surface area contributed by atoms with E-state index in [9.17, 15) is 10.1 Å². The Morgan fingerprint density at radius 1 is 1.60 bits per heavy atom. The molecular weight excluding hydrogens is 296 g/mol. The summed E-state index contributed by atoms with van der Waals surface area (Å²) in [5, 5.41) is 12.8. The number of hydrogen-bond acceptors (Lipinski definition) is 4. The van der Waals surface area contributed by atoms with Gasteiger partial charge in [0.05, 0.1) is 17.8 Å². The van der Waals surface area contributed by atoms with Gasteiger partial charge < -0.3 is 10.1 Å². The van der Waals surface area contributed by atoms with Crippen LogP contribution in [0.4, 0.5) is 5.00 Å². The monoisotopic (exact) mass is 312 g/mol. The van der Waals surface area contributed by atoms with Crippen molar-refractivity contribution in [3.05, 3.63) is 16.0 Å². The van der Waals surface area contributed by atoms with Crippen LogP contribution in [0.2, 0.25) is 0 Å². The van der Waals surface area contributed by atoms with Gasteiger partial charge >= 0.3 is 0 Å². The van der Waals surface area contributed by atoms with Crippen LogP contribution in [0.1, 0.15) is 42.7 Å². The van der Waals surface area contributed by atoms with E-state index in [0.717, 1.165) is 10.4 Å². The van der Waals surface area contributed by atoms with E-state index in [1.165, 1.54) is 11.3 Å². The number of anilines is 1. The number of fused-ring (bicyclic) bond motifs is 1. The Morgan fingerprint density at radius 2 is 2.35 bits per heavy atom. The molecule has 0 atom stereocenters. The number of alkyl halides is 1. The van der Waals surface area contributed by atoms with Gasteiger partial charge in [-0.3, -0.25) is 4.79 Å². The molecule has 0 unspecified atom stereocenters. The van der Waals surface area contributed by atoms with Crippen LogP contribution in [0.15, 0.2) is 0 Å². The minimum atomic E-state index is -0.264. The molecule has 1 aliphatic rings. The smallest absolute Gasteiger partial charge is 0.225 e. The molecule has 1 N–H and O–H groups in total. The molecule has 6 heteroatoms. The summed E-state index contributed by atoms with van der Waals surface area (Å²) < 4.78 is 5.75. The summed E-state index contributed by atoms with van der Waals surface area (Å²) in [6.45, 7) is 4.51. The average Bonchev–Trinajstić information content (AvgIpc) is 2.71. The number of rotatable bonds is 4. The summed E-state index contributed by atoms with van der Waals surface area (Å²) in [6, 6.07) is 2.22. The van der Waals surface area contributed by atoms with E-state index in [-0.39, 0.29) is 11.5 Å². The molecule has 1 aromatic rings. The zero-order chi connectivity index (χ0) is 14.8. The van der Waals surface area contributed by atoms with Crippen LogP contribution < -0.4 is 5.32 Å². The maximum absolute atomic E-state index is 11.8. The van der Waals surface area contributed by atoms with Crippen LogP contribution >= 0.6 is 22.9 Å². The van der Waals surface area contributed by atoms with Gasteiger partial charge in [0, 0.05) is 23.6 Å². The van der Waals surface area contributed by atoms with Crippen molar-refractivity contribution in [3.63, 3.8) is 0 Å². The summed E-state index contributed by atoms with van der Waals surface area (Å²) in [7, 11) is 0. The number of nitrogens with zero attached hydrogens (tertiary/aromatic N) is 1. The van der Waals surface area contributed by atoms with E-state index in [1.807, 2.05) is 13.8 Å². The lowest BCUT2D eigenvalue weighted by molar-refractivity contribution is -0.116.